The third-order valence-corrected chi connectivity index (χ3v) is 1.80. The van der Waals surface area contributed by atoms with Gasteiger partial charge in [-0.25, -0.2) is 0 Å². The number of aryl methyl sites for hydroxylation is 1. The number of anilines is 1. The summed E-state index contributed by atoms with van der Waals surface area (Å²) in [6.45, 7) is 0.723. The van der Waals surface area contributed by atoms with E-state index in [-0.39, 0.29) is 5.97 Å². The van der Waals surface area contributed by atoms with Crippen LogP contribution in [0.15, 0.2) is 6.20 Å². The van der Waals surface area contributed by atoms with Gasteiger partial charge in [0.15, 0.2) is 5.82 Å². The van der Waals surface area contributed by atoms with E-state index in [0.717, 1.165) is 19.4 Å². The molecular weight excluding hydrogens is 184 g/mol. The number of carbonyl (C=O) groups excluding carboxylic acids is 1. The lowest BCUT2D eigenvalue weighted by molar-refractivity contribution is -0.140. The van der Waals surface area contributed by atoms with Crippen molar-refractivity contribution in [1.82, 2.24) is 15.0 Å². The van der Waals surface area contributed by atoms with Crippen molar-refractivity contribution < 1.29 is 9.53 Å². The first-order valence-corrected chi connectivity index (χ1v) is 4.45. The number of hydrogen-bond acceptors (Lipinski definition) is 5. The number of carbonyl (C=O) groups is 1. The van der Waals surface area contributed by atoms with Gasteiger partial charge in [0.25, 0.3) is 0 Å². The Morgan fingerprint density at radius 3 is 3.00 bits per heavy atom. The first kappa shape index (κ1) is 10.5. The Balaban J connectivity index is 2.13. The number of nitrogens with zero attached hydrogens (tertiary/aromatic N) is 3. The molecule has 1 rings (SSSR count). The SMILES string of the molecule is COC(=O)CCCCn1cc(N)nn1. The molecule has 0 unspecified atom stereocenters. The molecule has 6 nitrogen and oxygen atoms in total. The third-order valence-electron chi connectivity index (χ3n) is 1.80. The van der Waals surface area contributed by atoms with Gasteiger partial charge < -0.3 is 10.5 Å². The summed E-state index contributed by atoms with van der Waals surface area (Å²) in [7, 11) is 1.39. The van der Waals surface area contributed by atoms with Gasteiger partial charge in [0, 0.05) is 13.0 Å². The maximum Gasteiger partial charge on any atom is 0.305 e. The predicted molar refractivity (Wildman–Crippen MR) is 50.3 cm³/mol. The van der Waals surface area contributed by atoms with Crippen molar-refractivity contribution in [2.45, 2.75) is 25.8 Å². The molecule has 6 heteroatoms. The molecule has 0 radical (unpaired) electrons. The Hall–Kier alpha value is -1.59. The molecule has 0 amide bonds. The van der Waals surface area contributed by atoms with Crippen molar-refractivity contribution in [3.8, 4) is 0 Å². The van der Waals surface area contributed by atoms with Crippen LogP contribution in [-0.2, 0) is 16.1 Å². The van der Waals surface area contributed by atoms with Crippen LogP contribution in [0.1, 0.15) is 19.3 Å². The highest BCUT2D eigenvalue weighted by molar-refractivity contribution is 5.68. The van der Waals surface area contributed by atoms with E-state index >= 15 is 0 Å². The number of nitrogen functional groups attached to an aromatic ring is 1. The van der Waals surface area contributed by atoms with Crippen LogP contribution in [0.3, 0.4) is 0 Å². The summed E-state index contributed by atoms with van der Waals surface area (Å²) >= 11 is 0. The fourth-order valence-electron chi connectivity index (χ4n) is 1.07. The highest BCUT2D eigenvalue weighted by Crippen LogP contribution is 2.00. The maximum atomic E-state index is 10.8. The van der Waals surface area contributed by atoms with Gasteiger partial charge in [-0.2, -0.15) is 0 Å². The van der Waals surface area contributed by atoms with Gasteiger partial charge in [-0.15, -0.1) is 5.10 Å². The summed E-state index contributed by atoms with van der Waals surface area (Å²) in [6, 6.07) is 0. The molecule has 0 fully saturated rings. The average Bonchev–Trinajstić information content (AvgIpc) is 2.58. The standard InChI is InChI=1S/C8H14N4O2/c1-14-8(13)4-2-3-5-12-6-7(9)10-11-12/h6H,2-5,9H2,1H3. The molecule has 2 N–H and O–H groups in total. The monoisotopic (exact) mass is 198 g/mol. The number of aromatic nitrogens is 3. The van der Waals surface area contributed by atoms with Gasteiger partial charge in [-0.3, -0.25) is 9.48 Å². The normalized spacial score (nSPS) is 10.1. The minimum Gasteiger partial charge on any atom is -0.469 e. The van der Waals surface area contributed by atoms with E-state index in [2.05, 4.69) is 15.0 Å². The molecule has 0 spiro atoms. The molecule has 0 saturated heterocycles. The molecule has 14 heavy (non-hydrogen) atoms. The number of esters is 1. The number of ether oxygens (including phenoxy) is 1. The van der Waals surface area contributed by atoms with Crippen LogP contribution in [0.4, 0.5) is 5.82 Å². The summed E-state index contributed by atoms with van der Waals surface area (Å²) in [4.78, 5) is 10.8. The zero-order chi connectivity index (χ0) is 10.4. The van der Waals surface area contributed by atoms with Crippen LogP contribution in [0, 0.1) is 0 Å². The molecule has 1 aromatic heterocycles. The summed E-state index contributed by atoms with van der Waals surface area (Å²) in [5, 5.41) is 7.42. The lowest BCUT2D eigenvalue weighted by Gasteiger charge is -1.99. The van der Waals surface area contributed by atoms with Gasteiger partial charge in [0.05, 0.1) is 13.3 Å². The topological polar surface area (TPSA) is 83.0 Å². The number of methoxy groups -OCH3 is 1. The molecule has 0 saturated carbocycles. The fourth-order valence-corrected chi connectivity index (χ4v) is 1.07. The summed E-state index contributed by atoms with van der Waals surface area (Å²) in [5.74, 6) is 0.237. The molecule has 1 heterocycles. The van der Waals surface area contributed by atoms with Crippen molar-refractivity contribution in [2.75, 3.05) is 12.8 Å². The van der Waals surface area contributed by atoms with E-state index in [1.165, 1.54) is 7.11 Å². The molecule has 0 bridgehead atoms. The Kier molecular flexibility index (Phi) is 3.90. The van der Waals surface area contributed by atoms with Crippen LogP contribution in [0.5, 0.6) is 0 Å². The van der Waals surface area contributed by atoms with E-state index in [4.69, 9.17) is 5.73 Å². The Morgan fingerprint density at radius 2 is 2.43 bits per heavy atom. The predicted octanol–water partition coefficient (Wildman–Crippen LogP) is 0.204. The van der Waals surface area contributed by atoms with E-state index in [0.29, 0.717) is 12.2 Å². The number of hydrogen-bond donors (Lipinski definition) is 1. The summed E-state index contributed by atoms with van der Waals surface area (Å²) < 4.78 is 6.17. The summed E-state index contributed by atoms with van der Waals surface area (Å²) in [5.41, 5.74) is 5.38. The van der Waals surface area contributed by atoms with Gasteiger partial charge in [-0.05, 0) is 12.8 Å². The minimum absolute atomic E-state index is 0.178. The highest BCUT2D eigenvalue weighted by Gasteiger charge is 2.00. The van der Waals surface area contributed by atoms with Crippen LogP contribution in [0.2, 0.25) is 0 Å². The molecule has 0 aliphatic heterocycles. The molecule has 0 aliphatic rings. The van der Waals surface area contributed by atoms with Crippen molar-refractivity contribution in [3.63, 3.8) is 0 Å². The zero-order valence-electron chi connectivity index (χ0n) is 8.14. The number of rotatable bonds is 5. The maximum absolute atomic E-state index is 10.8. The highest BCUT2D eigenvalue weighted by atomic mass is 16.5. The molecular formula is C8H14N4O2. The molecule has 1 aromatic rings. The Morgan fingerprint density at radius 1 is 1.64 bits per heavy atom. The second kappa shape index (κ2) is 5.21. The first-order chi connectivity index (χ1) is 6.72. The lowest BCUT2D eigenvalue weighted by Crippen LogP contribution is -2.02. The molecule has 0 aliphatic carbocycles. The Bertz CT molecular complexity index is 297. The molecule has 78 valence electrons. The van der Waals surface area contributed by atoms with Crippen molar-refractivity contribution in [1.29, 1.82) is 0 Å². The number of unbranched alkanes of at least 4 members (excludes halogenated alkanes) is 1. The van der Waals surface area contributed by atoms with Gasteiger partial charge in [0.2, 0.25) is 0 Å². The average molecular weight is 198 g/mol. The van der Waals surface area contributed by atoms with Gasteiger partial charge in [0.1, 0.15) is 0 Å². The van der Waals surface area contributed by atoms with E-state index in [1.807, 2.05) is 0 Å². The van der Waals surface area contributed by atoms with E-state index in [9.17, 15) is 4.79 Å². The van der Waals surface area contributed by atoms with E-state index < -0.39 is 0 Å². The van der Waals surface area contributed by atoms with Gasteiger partial charge in [-0.1, -0.05) is 5.21 Å². The number of nitrogens with two attached hydrogens (primary N) is 1. The molecule has 0 atom stereocenters. The zero-order valence-corrected chi connectivity index (χ0v) is 8.14. The Labute approximate surface area is 82.0 Å². The first-order valence-electron chi connectivity index (χ1n) is 4.45. The van der Waals surface area contributed by atoms with Crippen molar-refractivity contribution in [3.05, 3.63) is 6.20 Å². The van der Waals surface area contributed by atoms with Crippen molar-refractivity contribution >= 4 is 11.8 Å². The van der Waals surface area contributed by atoms with Crippen LogP contribution in [-0.4, -0.2) is 28.1 Å². The van der Waals surface area contributed by atoms with Gasteiger partial charge >= 0.3 is 5.97 Å². The second-order valence-corrected chi connectivity index (χ2v) is 2.94. The second-order valence-electron chi connectivity index (χ2n) is 2.94. The van der Waals surface area contributed by atoms with Crippen LogP contribution in [0.25, 0.3) is 0 Å². The lowest BCUT2D eigenvalue weighted by atomic mass is 10.2. The third kappa shape index (κ3) is 3.42. The quantitative estimate of drug-likeness (QED) is 0.540. The van der Waals surface area contributed by atoms with Crippen molar-refractivity contribution in [2.24, 2.45) is 0 Å². The molecule has 0 aromatic carbocycles. The van der Waals surface area contributed by atoms with Crippen LogP contribution >= 0.6 is 0 Å². The minimum atomic E-state index is -0.178. The fraction of sp³-hybridized carbons (Fsp3) is 0.625. The van der Waals surface area contributed by atoms with Crippen LogP contribution < -0.4 is 5.73 Å². The smallest absolute Gasteiger partial charge is 0.305 e. The largest absolute Gasteiger partial charge is 0.469 e. The summed E-state index contributed by atoms with van der Waals surface area (Å²) in [6.07, 6.45) is 3.75. The van der Waals surface area contributed by atoms with E-state index in [1.54, 1.807) is 10.9 Å².